The Balaban J connectivity index is 0.911. The van der Waals surface area contributed by atoms with Crippen LogP contribution in [-0.4, -0.2) is 26.3 Å². The highest BCUT2D eigenvalue weighted by molar-refractivity contribution is 7.00. The van der Waals surface area contributed by atoms with Crippen LogP contribution in [0.5, 0.6) is 0 Å². The third-order valence-corrected chi connectivity index (χ3v) is 18.2. The molecular weight excluding hydrogens is 829 g/mol. The molecule has 0 radical (unpaired) electrons. The van der Waals surface area contributed by atoms with Crippen LogP contribution in [-0.2, 0) is 0 Å². The molecule has 0 aliphatic rings. The Morgan fingerprint density at radius 2 is 0.463 bits per heavy atom. The van der Waals surface area contributed by atoms with Gasteiger partial charge >= 0.3 is 0 Å². The van der Waals surface area contributed by atoms with Gasteiger partial charge in [-0.15, -0.1) is 0 Å². The second kappa shape index (κ2) is 14.3. The first kappa shape index (κ1) is 37.9. The number of fused-ring (bicyclic) bond motifs is 14. The molecule has 0 spiro atoms. The fourth-order valence-electron chi connectivity index (χ4n) is 11.4. The number of hydrogen-bond acceptors (Lipinski definition) is 0. The smallest absolute Gasteiger partial charge is 0.112 e. The van der Waals surface area contributed by atoms with E-state index in [-0.39, 0.29) is 0 Å². The molecule has 4 heterocycles. The van der Waals surface area contributed by atoms with Crippen molar-refractivity contribution in [3.05, 3.63) is 231 Å². The number of hydrogen-bond donors (Lipinski definition) is 0. The van der Waals surface area contributed by atoms with Crippen LogP contribution < -0.4 is 10.4 Å². The van der Waals surface area contributed by atoms with Gasteiger partial charge in [-0.25, -0.2) is 0 Å². The van der Waals surface area contributed by atoms with E-state index in [1.54, 1.807) is 0 Å². The van der Waals surface area contributed by atoms with E-state index < -0.39 is 8.07 Å². The van der Waals surface area contributed by atoms with Crippen molar-refractivity contribution in [3.8, 4) is 22.7 Å². The molecule has 0 unspecified atom stereocenters. The summed E-state index contributed by atoms with van der Waals surface area (Å²) < 4.78 is 9.92. The first-order valence-electron chi connectivity index (χ1n) is 23.3. The van der Waals surface area contributed by atoms with E-state index in [2.05, 4.69) is 262 Å². The summed E-state index contributed by atoms with van der Waals surface area (Å²) in [5, 5.41) is 12.9. The molecule has 0 aliphatic carbocycles. The molecule has 10 aromatic carbocycles. The predicted octanol–water partition coefficient (Wildman–Crippen LogP) is 14.9. The van der Waals surface area contributed by atoms with Crippen molar-refractivity contribution in [1.29, 1.82) is 0 Å². The maximum atomic E-state index is 2.50. The standard InChI is InChI=1S/C62H44N4Si/c1-67(2,45-33-29-43(30-34-45)65-57-27-15-11-23-49(57)53-39-37-51-47-21-9-13-25-55(47)63(59(51)61(53)65)41-17-5-3-6-18-41)46-35-31-44(32-36-46)66-58-28-16-12-24-50(58)54-40-38-52-48-22-10-14-26-56(48)64(60(52)62(54)66)42-19-7-4-8-20-42/h3-40H,1-2H3. The van der Waals surface area contributed by atoms with Crippen molar-refractivity contribution < 1.29 is 0 Å². The third-order valence-electron chi connectivity index (χ3n) is 14.7. The third kappa shape index (κ3) is 5.40. The summed E-state index contributed by atoms with van der Waals surface area (Å²) in [6.45, 7) is 4.98. The summed E-state index contributed by atoms with van der Waals surface area (Å²) >= 11 is 0. The Morgan fingerprint density at radius 1 is 0.224 bits per heavy atom. The number of para-hydroxylation sites is 6. The molecule has 14 aromatic rings. The first-order chi connectivity index (χ1) is 33.0. The summed E-state index contributed by atoms with van der Waals surface area (Å²) in [4.78, 5) is 0. The molecule has 0 aliphatic heterocycles. The molecule has 0 N–H and O–H groups in total. The molecule has 0 atom stereocenters. The van der Waals surface area contributed by atoms with Crippen molar-refractivity contribution in [3.63, 3.8) is 0 Å². The van der Waals surface area contributed by atoms with Crippen molar-refractivity contribution in [2.45, 2.75) is 13.1 Å². The topological polar surface area (TPSA) is 19.7 Å². The zero-order valence-corrected chi connectivity index (χ0v) is 38.2. The van der Waals surface area contributed by atoms with E-state index >= 15 is 0 Å². The molecule has 0 fully saturated rings. The molecule has 0 saturated heterocycles. The Kier molecular flexibility index (Phi) is 8.10. The summed E-state index contributed by atoms with van der Waals surface area (Å²) in [6, 6.07) is 85.3. The molecule has 0 amide bonds. The van der Waals surface area contributed by atoms with Crippen LogP contribution in [0.1, 0.15) is 0 Å². The normalized spacial score (nSPS) is 12.3. The van der Waals surface area contributed by atoms with Gasteiger partial charge in [0.1, 0.15) is 8.07 Å². The fourth-order valence-corrected chi connectivity index (χ4v) is 13.8. The maximum absolute atomic E-state index is 2.50. The molecule has 4 aromatic heterocycles. The highest BCUT2D eigenvalue weighted by atomic mass is 28.3. The average molecular weight is 873 g/mol. The van der Waals surface area contributed by atoms with E-state index in [4.69, 9.17) is 0 Å². The molecule has 4 nitrogen and oxygen atoms in total. The van der Waals surface area contributed by atoms with Gasteiger partial charge in [0, 0.05) is 65.8 Å². The van der Waals surface area contributed by atoms with Crippen molar-refractivity contribution in [2.75, 3.05) is 0 Å². The summed E-state index contributed by atoms with van der Waals surface area (Å²) in [7, 11) is -2.15. The average Bonchev–Trinajstić information content (AvgIpc) is 4.12. The van der Waals surface area contributed by atoms with Crippen molar-refractivity contribution >= 4 is 106 Å². The number of benzene rings is 10. The highest BCUT2D eigenvalue weighted by Crippen LogP contribution is 2.43. The second-order valence-corrected chi connectivity index (χ2v) is 22.9. The molecule has 316 valence electrons. The fraction of sp³-hybridized carbons (Fsp3) is 0.0323. The lowest BCUT2D eigenvalue weighted by molar-refractivity contribution is 1.15. The molecule has 0 bridgehead atoms. The highest BCUT2D eigenvalue weighted by Gasteiger charge is 2.28. The minimum Gasteiger partial charge on any atom is -0.307 e. The van der Waals surface area contributed by atoms with E-state index in [1.165, 1.54) is 97.6 Å². The molecular formula is C62H44N4Si. The predicted molar refractivity (Wildman–Crippen MR) is 287 cm³/mol. The Labute approximate surface area is 388 Å². The second-order valence-electron chi connectivity index (χ2n) is 18.5. The molecule has 5 heteroatoms. The Hall–Kier alpha value is -8.38. The quantitative estimate of drug-likeness (QED) is 0.148. The lowest BCUT2D eigenvalue weighted by Gasteiger charge is -2.25. The van der Waals surface area contributed by atoms with Gasteiger partial charge in [0.05, 0.1) is 44.1 Å². The van der Waals surface area contributed by atoms with E-state index in [1.807, 2.05) is 0 Å². The number of aromatic nitrogens is 4. The lowest BCUT2D eigenvalue weighted by atomic mass is 10.1. The van der Waals surface area contributed by atoms with Crippen LogP contribution >= 0.6 is 0 Å². The van der Waals surface area contributed by atoms with Crippen molar-refractivity contribution in [2.24, 2.45) is 0 Å². The minimum atomic E-state index is -2.15. The van der Waals surface area contributed by atoms with Gasteiger partial charge in [0.15, 0.2) is 0 Å². The van der Waals surface area contributed by atoms with Crippen LogP contribution in [0.4, 0.5) is 0 Å². The molecule has 14 rings (SSSR count). The summed E-state index contributed by atoms with van der Waals surface area (Å²) in [5.41, 5.74) is 14.4. The Morgan fingerprint density at radius 3 is 0.746 bits per heavy atom. The van der Waals surface area contributed by atoms with Crippen LogP contribution in [0.3, 0.4) is 0 Å². The van der Waals surface area contributed by atoms with Gasteiger partial charge < -0.3 is 18.3 Å². The summed E-state index contributed by atoms with van der Waals surface area (Å²) in [5.74, 6) is 0. The van der Waals surface area contributed by atoms with E-state index in [0.29, 0.717) is 0 Å². The first-order valence-corrected chi connectivity index (χ1v) is 26.3. The Bertz CT molecular complexity index is 3990. The summed E-state index contributed by atoms with van der Waals surface area (Å²) in [6.07, 6.45) is 0. The van der Waals surface area contributed by atoms with Crippen LogP contribution in [0.25, 0.3) is 110 Å². The van der Waals surface area contributed by atoms with Gasteiger partial charge in [-0.1, -0.05) is 181 Å². The zero-order chi connectivity index (χ0) is 44.4. The minimum absolute atomic E-state index is 1.16. The molecule has 67 heavy (non-hydrogen) atoms. The largest absolute Gasteiger partial charge is 0.307 e. The zero-order valence-electron chi connectivity index (χ0n) is 37.2. The molecule has 0 saturated carbocycles. The lowest BCUT2D eigenvalue weighted by Crippen LogP contribution is -2.52. The number of nitrogens with zero attached hydrogens (tertiary/aromatic N) is 4. The van der Waals surface area contributed by atoms with E-state index in [0.717, 1.165) is 22.7 Å². The van der Waals surface area contributed by atoms with Gasteiger partial charge in [0.25, 0.3) is 0 Å². The van der Waals surface area contributed by atoms with Crippen LogP contribution in [0.2, 0.25) is 13.1 Å². The van der Waals surface area contributed by atoms with Gasteiger partial charge in [-0.3, -0.25) is 0 Å². The monoisotopic (exact) mass is 872 g/mol. The van der Waals surface area contributed by atoms with Gasteiger partial charge in [-0.05, 0) is 72.8 Å². The SMILES string of the molecule is C[Si](C)(c1ccc(-n2c3ccccc3c3ccc4c5ccccc5n(-c5ccccc5)c4c32)cc1)c1ccc(-n2c3ccccc3c3ccc4c5ccccc5n(-c5ccccc5)c4c32)cc1. The van der Waals surface area contributed by atoms with Crippen molar-refractivity contribution in [1.82, 2.24) is 18.3 Å². The van der Waals surface area contributed by atoms with Gasteiger partial charge in [0.2, 0.25) is 0 Å². The number of rotatable bonds is 6. The van der Waals surface area contributed by atoms with Gasteiger partial charge in [-0.2, -0.15) is 0 Å². The van der Waals surface area contributed by atoms with Crippen LogP contribution in [0, 0.1) is 0 Å². The van der Waals surface area contributed by atoms with E-state index in [9.17, 15) is 0 Å². The maximum Gasteiger partial charge on any atom is 0.112 e. The van der Waals surface area contributed by atoms with Crippen LogP contribution in [0.15, 0.2) is 231 Å².